The van der Waals surface area contributed by atoms with Crippen molar-refractivity contribution in [3.8, 4) is 0 Å². The molecule has 1 aromatic carbocycles. The average molecular weight is 346 g/mol. The third-order valence-corrected chi connectivity index (χ3v) is 4.86. The third-order valence-electron chi connectivity index (χ3n) is 4.86. The van der Waals surface area contributed by atoms with E-state index in [9.17, 15) is 0 Å². The first-order chi connectivity index (χ1) is 12.9. The minimum atomic E-state index is 0.663. The van der Waals surface area contributed by atoms with E-state index in [0.29, 0.717) is 5.65 Å². The second kappa shape index (κ2) is 6.30. The summed E-state index contributed by atoms with van der Waals surface area (Å²) < 4.78 is 1.48. The summed E-state index contributed by atoms with van der Waals surface area (Å²) in [5.41, 5.74) is 3.05. The average Bonchev–Trinajstić information content (AvgIpc) is 3.17. The lowest BCUT2D eigenvalue weighted by Crippen LogP contribution is -2.46. The minimum Gasteiger partial charge on any atom is -0.353 e. The highest BCUT2D eigenvalue weighted by molar-refractivity contribution is 5.81. The van der Waals surface area contributed by atoms with Crippen LogP contribution in [0.15, 0.2) is 48.7 Å². The Labute approximate surface area is 150 Å². The molecular formula is C18H18N8. The maximum Gasteiger partial charge on any atom is 0.200 e. The molecule has 1 aliphatic heterocycles. The number of rotatable bonds is 3. The van der Waals surface area contributed by atoms with Crippen LogP contribution in [0.2, 0.25) is 0 Å². The number of nitrogens with zero attached hydrogens (tertiary/aromatic N) is 8. The molecule has 4 aromatic rings. The van der Waals surface area contributed by atoms with Crippen molar-refractivity contribution in [3.05, 3.63) is 54.2 Å². The summed E-state index contributed by atoms with van der Waals surface area (Å²) in [6.45, 7) is 4.75. The molecule has 5 rings (SSSR count). The molecule has 26 heavy (non-hydrogen) atoms. The van der Waals surface area contributed by atoms with Crippen LogP contribution in [0, 0.1) is 0 Å². The van der Waals surface area contributed by atoms with E-state index in [1.54, 1.807) is 0 Å². The molecule has 1 aliphatic rings. The van der Waals surface area contributed by atoms with Crippen molar-refractivity contribution >= 4 is 22.4 Å². The Morgan fingerprint density at radius 3 is 2.73 bits per heavy atom. The van der Waals surface area contributed by atoms with Gasteiger partial charge < -0.3 is 4.90 Å². The summed E-state index contributed by atoms with van der Waals surface area (Å²) in [7, 11) is 0. The van der Waals surface area contributed by atoms with Gasteiger partial charge in [-0.2, -0.15) is 0 Å². The zero-order valence-corrected chi connectivity index (χ0v) is 14.2. The molecule has 0 N–H and O–H groups in total. The van der Waals surface area contributed by atoms with E-state index >= 15 is 0 Å². The quantitative estimate of drug-likeness (QED) is 0.555. The van der Waals surface area contributed by atoms with Gasteiger partial charge >= 0.3 is 0 Å². The molecule has 3 aromatic heterocycles. The Morgan fingerprint density at radius 2 is 1.81 bits per heavy atom. The molecule has 0 unspecified atom stereocenters. The van der Waals surface area contributed by atoms with Crippen LogP contribution < -0.4 is 4.90 Å². The van der Waals surface area contributed by atoms with Gasteiger partial charge in [0.15, 0.2) is 11.5 Å². The van der Waals surface area contributed by atoms with Crippen molar-refractivity contribution in [2.24, 2.45) is 0 Å². The van der Waals surface area contributed by atoms with Gasteiger partial charge in [-0.3, -0.25) is 9.88 Å². The van der Waals surface area contributed by atoms with Gasteiger partial charge in [0, 0.05) is 44.3 Å². The van der Waals surface area contributed by atoms with E-state index in [1.807, 2.05) is 24.4 Å². The Morgan fingerprint density at radius 1 is 0.923 bits per heavy atom. The number of tetrazole rings is 1. The number of benzene rings is 1. The van der Waals surface area contributed by atoms with Gasteiger partial charge in [0.25, 0.3) is 0 Å². The highest BCUT2D eigenvalue weighted by Crippen LogP contribution is 2.19. The smallest absolute Gasteiger partial charge is 0.200 e. The fourth-order valence-corrected chi connectivity index (χ4v) is 3.48. The number of para-hydroxylation sites is 1. The second-order valence-corrected chi connectivity index (χ2v) is 6.47. The number of piperazine rings is 1. The molecule has 130 valence electrons. The lowest BCUT2D eigenvalue weighted by Gasteiger charge is -2.35. The molecule has 1 fully saturated rings. The lowest BCUT2D eigenvalue weighted by molar-refractivity contribution is 0.250. The lowest BCUT2D eigenvalue weighted by atomic mass is 10.1. The Bertz CT molecular complexity index is 1050. The van der Waals surface area contributed by atoms with Crippen molar-refractivity contribution in [2.75, 3.05) is 31.1 Å². The van der Waals surface area contributed by atoms with E-state index in [1.165, 1.54) is 15.6 Å². The van der Waals surface area contributed by atoms with Gasteiger partial charge in [-0.25, -0.2) is 0 Å². The topological polar surface area (TPSA) is 75.3 Å². The molecule has 8 heteroatoms. The van der Waals surface area contributed by atoms with Gasteiger partial charge in [-0.1, -0.05) is 24.3 Å². The molecule has 0 atom stereocenters. The van der Waals surface area contributed by atoms with E-state index in [2.05, 4.69) is 59.7 Å². The van der Waals surface area contributed by atoms with Crippen LogP contribution in [-0.4, -0.2) is 61.3 Å². The summed E-state index contributed by atoms with van der Waals surface area (Å²) >= 11 is 0. The summed E-state index contributed by atoms with van der Waals surface area (Å²) in [6.07, 6.45) is 1.87. The maximum atomic E-state index is 4.56. The highest BCUT2D eigenvalue weighted by atomic mass is 15.6. The van der Waals surface area contributed by atoms with Crippen molar-refractivity contribution in [1.82, 2.24) is 35.1 Å². The number of fused-ring (bicyclic) bond motifs is 2. The zero-order chi connectivity index (χ0) is 17.3. The Hall–Kier alpha value is -3.13. The number of pyridine rings is 1. The zero-order valence-electron chi connectivity index (χ0n) is 14.2. The maximum absolute atomic E-state index is 4.56. The minimum absolute atomic E-state index is 0.663. The number of aromatic nitrogens is 6. The Balaban J connectivity index is 1.29. The van der Waals surface area contributed by atoms with Gasteiger partial charge in [0.2, 0.25) is 0 Å². The van der Waals surface area contributed by atoms with Crippen molar-refractivity contribution in [2.45, 2.75) is 6.54 Å². The van der Waals surface area contributed by atoms with Crippen LogP contribution in [0.4, 0.5) is 5.82 Å². The summed E-state index contributed by atoms with van der Waals surface area (Å²) in [5, 5.41) is 17.1. The van der Waals surface area contributed by atoms with Crippen LogP contribution in [0.25, 0.3) is 16.6 Å². The van der Waals surface area contributed by atoms with E-state index in [4.69, 9.17) is 0 Å². The van der Waals surface area contributed by atoms with Crippen molar-refractivity contribution in [1.29, 1.82) is 0 Å². The first-order valence-electron chi connectivity index (χ1n) is 8.72. The number of anilines is 1. The van der Waals surface area contributed by atoms with Gasteiger partial charge in [0.05, 0.1) is 5.52 Å². The molecular weight excluding hydrogens is 328 g/mol. The first kappa shape index (κ1) is 15.2. The van der Waals surface area contributed by atoms with Gasteiger partial charge in [-0.15, -0.1) is 14.8 Å². The highest BCUT2D eigenvalue weighted by Gasteiger charge is 2.19. The molecule has 0 radical (unpaired) electrons. The molecule has 0 saturated carbocycles. The summed E-state index contributed by atoms with van der Waals surface area (Å²) in [4.78, 5) is 9.31. The molecule has 0 aliphatic carbocycles. The van der Waals surface area contributed by atoms with Crippen molar-refractivity contribution < 1.29 is 0 Å². The SMILES string of the molecule is c1cnc2c(CN3CCN(c4ccc5nnnn5n4)CC3)cccc2c1. The molecule has 8 nitrogen and oxygen atoms in total. The van der Waals surface area contributed by atoms with E-state index < -0.39 is 0 Å². The molecule has 0 bridgehead atoms. The first-order valence-corrected chi connectivity index (χ1v) is 8.72. The van der Waals surface area contributed by atoms with Crippen molar-refractivity contribution in [3.63, 3.8) is 0 Å². The predicted molar refractivity (Wildman–Crippen MR) is 97.8 cm³/mol. The number of hydrogen-bond donors (Lipinski definition) is 0. The largest absolute Gasteiger partial charge is 0.353 e. The normalized spacial score (nSPS) is 15.8. The van der Waals surface area contributed by atoms with Crippen LogP contribution in [0.5, 0.6) is 0 Å². The van der Waals surface area contributed by atoms with Crippen LogP contribution in [-0.2, 0) is 6.54 Å². The van der Waals surface area contributed by atoms with E-state index in [0.717, 1.165) is 44.1 Å². The summed E-state index contributed by atoms with van der Waals surface area (Å²) in [6, 6.07) is 14.4. The molecule has 0 amide bonds. The van der Waals surface area contributed by atoms with Gasteiger partial charge in [0.1, 0.15) is 0 Å². The molecule has 4 heterocycles. The van der Waals surface area contributed by atoms with Crippen LogP contribution in [0.3, 0.4) is 0 Å². The fraction of sp³-hybridized carbons (Fsp3) is 0.278. The predicted octanol–water partition coefficient (Wildman–Crippen LogP) is 1.39. The second-order valence-electron chi connectivity index (χ2n) is 6.47. The summed E-state index contributed by atoms with van der Waals surface area (Å²) in [5.74, 6) is 0.913. The monoisotopic (exact) mass is 346 g/mol. The number of hydrogen-bond acceptors (Lipinski definition) is 7. The third kappa shape index (κ3) is 2.74. The van der Waals surface area contributed by atoms with E-state index in [-0.39, 0.29) is 0 Å². The Kier molecular flexibility index (Phi) is 3.67. The van der Waals surface area contributed by atoms with Gasteiger partial charge in [-0.05, 0) is 34.2 Å². The fourth-order valence-electron chi connectivity index (χ4n) is 3.48. The van der Waals surface area contributed by atoms with Crippen LogP contribution in [0.1, 0.15) is 5.56 Å². The standard InChI is InChI=1S/C18H18N8/c1-3-14-5-2-8-19-18(14)15(4-1)13-24-9-11-25(12-10-24)17-7-6-16-20-22-23-26(16)21-17/h1-8H,9-13H2. The molecule has 0 spiro atoms. The molecule has 1 saturated heterocycles. The van der Waals surface area contributed by atoms with Crippen LogP contribution >= 0.6 is 0 Å².